The molecule has 1 N–H and O–H groups in total. The number of nitrogens with zero attached hydrogens (tertiary/aromatic N) is 1. The van der Waals surface area contributed by atoms with E-state index < -0.39 is 27.7 Å². The summed E-state index contributed by atoms with van der Waals surface area (Å²) in [6.45, 7) is 0.645. The largest absolute Gasteiger partial charge is 0.451 e. The van der Waals surface area contributed by atoms with E-state index in [0.717, 1.165) is 18.4 Å². The van der Waals surface area contributed by atoms with Crippen LogP contribution in [0.15, 0.2) is 40.8 Å². The molecule has 0 radical (unpaired) electrons. The van der Waals surface area contributed by atoms with Crippen molar-refractivity contribution in [3.63, 3.8) is 0 Å². The van der Waals surface area contributed by atoms with Crippen LogP contribution in [-0.2, 0) is 16.2 Å². The number of hydrogen-bond donors (Lipinski definition) is 1. The monoisotopic (exact) mass is 416 g/mol. The number of benzene rings is 1. The molecule has 28 heavy (non-hydrogen) atoms. The standard InChI is InChI=1S/C18H19F3N2O4S/c1-28(25,26)22-14-6-3-9-23(11-14)17(24)16-8-7-15(27-16)12-4-2-5-13(10-12)18(19,20)21/h2,4-5,7-8,10,14,22H,3,6,9,11H2,1H3/t14-/m0/s1. The van der Waals surface area contributed by atoms with Crippen LogP contribution < -0.4 is 4.72 Å². The van der Waals surface area contributed by atoms with Gasteiger partial charge in [-0.1, -0.05) is 12.1 Å². The average Bonchev–Trinajstić information content (AvgIpc) is 3.09. The summed E-state index contributed by atoms with van der Waals surface area (Å²) >= 11 is 0. The fourth-order valence-electron chi connectivity index (χ4n) is 3.17. The number of carbonyl (C=O) groups is 1. The number of hydrogen-bond acceptors (Lipinski definition) is 4. The van der Waals surface area contributed by atoms with Crippen molar-refractivity contribution in [3.05, 3.63) is 47.7 Å². The third-order valence-electron chi connectivity index (χ3n) is 4.38. The van der Waals surface area contributed by atoms with Crippen molar-refractivity contribution >= 4 is 15.9 Å². The zero-order chi connectivity index (χ0) is 20.5. The maximum atomic E-state index is 12.9. The number of rotatable bonds is 4. The van der Waals surface area contributed by atoms with E-state index in [1.54, 1.807) is 0 Å². The molecule has 0 aliphatic carbocycles. The normalized spacial score (nSPS) is 18.3. The maximum Gasteiger partial charge on any atom is 0.416 e. The van der Waals surface area contributed by atoms with Crippen LogP contribution in [0.25, 0.3) is 11.3 Å². The van der Waals surface area contributed by atoms with Crippen LogP contribution in [0.3, 0.4) is 0 Å². The Labute approximate surface area is 160 Å². The second kappa shape index (κ2) is 7.59. The molecule has 1 aliphatic heterocycles. The minimum Gasteiger partial charge on any atom is -0.451 e. The topological polar surface area (TPSA) is 79.6 Å². The number of nitrogens with one attached hydrogen (secondary N) is 1. The van der Waals surface area contributed by atoms with Gasteiger partial charge in [0.15, 0.2) is 5.76 Å². The van der Waals surface area contributed by atoms with Gasteiger partial charge in [-0.05, 0) is 37.1 Å². The minimum atomic E-state index is -4.48. The van der Waals surface area contributed by atoms with Crippen molar-refractivity contribution in [1.29, 1.82) is 0 Å². The van der Waals surface area contributed by atoms with E-state index in [1.165, 1.54) is 29.2 Å². The van der Waals surface area contributed by atoms with E-state index in [-0.39, 0.29) is 29.7 Å². The molecule has 1 amide bonds. The molecule has 0 saturated carbocycles. The molecule has 2 heterocycles. The molecule has 0 spiro atoms. The van der Waals surface area contributed by atoms with Gasteiger partial charge in [-0.25, -0.2) is 13.1 Å². The van der Waals surface area contributed by atoms with Crippen molar-refractivity contribution < 1.29 is 30.8 Å². The smallest absolute Gasteiger partial charge is 0.416 e. The van der Waals surface area contributed by atoms with Gasteiger partial charge in [0.25, 0.3) is 5.91 Å². The highest BCUT2D eigenvalue weighted by Crippen LogP contribution is 2.32. The summed E-state index contributed by atoms with van der Waals surface area (Å²) in [6.07, 6.45) is -2.18. The molecule has 10 heteroatoms. The molecule has 3 rings (SSSR count). The zero-order valence-corrected chi connectivity index (χ0v) is 15.8. The predicted molar refractivity (Wildman–Crippen MR) is 96.1 cm³/mol. The van der Waals surface area contributed by atoms with Crippen molar-refractivity contribution in [2.45, 2.75) is 25.1 Å². The SMILES string of the molecule is CS(=O)(=O)N[C@H]1CCCN(C(=O)c2ccc(-c3cccc(C(F)(F)F)c3)o2)C1. The van der Waals surface area contributed by atoms with Gasteiger partial charge in [-0.15, -0.1) is 0 Å². The number of sulfonamides is 1. The summed E-state index contributed by atoms with van der Waals surface area (Å²) in [5.41, 5.74) is -0.593. The fraction of sp³-hybridized carbons (Fsp3) is 0.389. The molecule has 1 aromatic heterocycles. The van der Waals surface area contributed by atoms with Gasteiger partial charge in [-0.3, -0.25) is 4.79 Å². The van der Waals surface area contributed by atoms with Crippen LogP contribution in [0, 0.1) is 0 Å². The third kappa shape index (κ3) is 4.93. The number of likely N-dealkylation sites (tertiary alicyclic amines) is 1. The summed E-state index contributed by atoms with van der Waals surface area (Å²) in [5.74, 6) is -0.289. The highest BCUT2D eigenvalue weighted by atomic mass is 32.2. The minimum absolute atomic E-state index is 0.00702. The van der Waals surface area contributed by atoms with Gasteiger partial charge in [0.05, 0.1) is 11.8 Å². The highest BCUT2D eigenvalue weighted by Gasteiger charge is 2.31. The Morgan fingerprint density at radius 2 is 2.00 bits per heavy atom. The van der Waals surface area contributed by atoms with Crippen LogP contribution in [0.2, 0.25) is 0 Å². The lowest BCUT2D eigenvalue weighted by Gasteiger charge is -2.32. The second-order valence-corrected chi connectivity index (χ2v) is 8.50. The number of carbonyl (C=O) groups excluding carboxylic acids is 1. The molecule has 6 nitrogen and oxygen atoms in total. The van der Waals surface area contributed by atoms with Crippen LogP contribution in [-0.4, -0.2) is 44.6 Å². The van der Waals surface area contributed by atoms with Crippen LogP contribution >= 0.6 is 0 Å². The Bertz CT molecular complexity index is 969. The Morgan fingerprint density at radius 1 is 1.25 bits per heavy atom. The first-order valence-electron chi connectivity index (χ1n) is 8.57. The zero-order valence-electron chi connectivity index (χ0n) is 15.0. The fourth-order valence-corrected chi connectivity index (χ4v) is 3.97. The first kappa shape index (κ1) is 20.4. The molecule has 1 atom stereocenters. The Kier molecular flexibility index (Phi) is 5.53. The molecule has 1 aromatic carbocycles. The van der Waals surface area contributed by atoms with Crippen LogP contribution in [0.4, 0.5) is 13.2 Å². The third-order valence-corrected chi connectivity index (χ3v) is 5.14. The molecule has 0 unspecified atom stereocenters. The Hall–Kier alpha value is -2.33. The Balaban J connectivity index is 1.76. The molecule has 0 bridgehead atoms. The quantitative estimate of drug-likeness (QED) is 0.831. The maximum absolute atomic E-state index is 12.9. The molecular weight excluding hydrogens is 397 g/mol. The summed E-state index contributed by atoms with van der Waals surface area (Å²) in [6, 6.07) is 7.13. The van der Waals surface area contributed by atoms with E-state index in [2.05, 4.69) is 4.72 Å². The first-order valence-corrected chi connectivity index (χ1v) is 10.5. The van der Waals surface area contributed by atoms with E-state index in [0.29, 0.717) is 19.4 Å². The van der Waals surface area contributed by atoms with E-state index in [1.807, 2.05) is 0 Å². The molecule has 1 saturated heterocycles. The lowest BCUT2D eigenvalue weighted by atomic mass is 10.1. The molecule has 2 aromatic rings. The molecule has 1 aliphatic rings. The first-order chi connectivity index (χ1) is 13.0. The molecule has 1 fully saturated rings. The number of furan rings is 1. The number of piperidine rings is 1. The number of halogens is 3. The summed E-state index contributed by atoms with van der Waals surface area (Å²) in [5, 5.41) is 0. The van der Waals surface area contributed by atoms with Crippen LogP contribution in [0.1, 0.15) is 29.0 Å². The van der Waals surface area contributed by atoms with Gasteiger partial charge in [-0.2, -0.15) is 13.2 Å². The summed E-state index contributed by atoms with van der Waals surface area (Å²) in [7, 11) is -3.39. The number of alkyl halides is 3. The van der Waals surface area contributed by atoms with Gasteiger partial charge in [0, 0.05) is 24.7 Å². The van der Waals surface area contributed by atoms with E-state index in [4.69, 9.17) is 4.42 Å². The van der Waals surface area contributed by atoms with Crippen molar-refractivity contribution in [3.8, 4) is 11.3 Å². The number of amides is 1. The lowest BCUT2D eigenvalue weighted by Crippen LogP contribution is -2.49. The second-order valence-electron chi connectivity index (χ2n) is 6.72. The van der Waals surface area contributed by atoms with Gasteiger partial charge in [0.1, 0.15) is 5.76 Å². The molecular formula is C18H19F3N2O4S. The van der Waals surface area contributed by atoms with E-state index >= 15 is 0 Å². The van der Waals surface area contributed by atoms with Gasteiger partial charge >= 0.3 is 6.18 Å². The van der Waals surface area contributed by atoms with Crippen molar-refractivity contribution in [1.82, 2.24) is 9.62 Å². The van der Waals surface area contributed by atoms with E-state index in [9.17, 15) is 26.4 Å². The summed E-state index contributed by atoms with van der Waals surface area (Å²) < 4.78 is 69.4. The predicted octanol–water partition coefficient (Wildman–Crippen LogP) is 3.12. The molecule has 152 valence electrons. The van der Waals surface area contributed by atoms with Gasteiger partial charge in [0.2, 0.25) is 10.0 Å². The van der Waals surface area contributed by atoms with Gasteiger partial charge < -0.3 is 9.32 Å². The van der Waals surface area contributed by atoms with Crippen LogP contribution in [0.5, 0.6) is 0 Å². The highest BCUT2D eigenvalue weighted by molar-refractivity contribution is 7.88. The van der Waals surface area contributed by atoms with Crippen molar-refractivity contribution in [2.24, 2.45) is 0 Å². The lowest BCUT2D eigenvalue weighted by molar-refractivity contribution is -0.137. The Morgan fingerprint density at radius 3 is 2.68 bits per heavy atom. The average molecular weight is 416 g/mol. The summed E-state index contributed by atoms with van der Waals surface area (Å²) in [4.78, 5) is 14.1. The van der Waals surface area contributed by atoms with Crippen molar-refractivity contribution in [2.75, 3.05) is 19.3 Å².